The summed E-state index contributed by atoms with van der Waals surface area (Å²) in [6, 6.07) is 16.9. The summed E-state index contributed by atoms with van der Waals surface area (Å²) in [4.78, 5) is 20.6. The Kier molecular flexibility index (Phi) is 4.26. The molecule has 0 aliphatic heterocycles. The second-order valence-corrected chi connectivity index (χ2v) is 7.36. The van der Waals surface area contributed by atoms with Gasteiger partial charge < -0.3 is 9.64 Å². The zero-order valence-electron chi connectivity index (χ0n) is 14.2. The maximum absolute atomic E-state index is 12.8. The lowest BCUT2D eigenvalue weighted by molar-refractivity contribution is 0.0997. The summed E-state index contributed by atoms with van der Waals surface area (Å²) >= 11 is 7.31. The third-order valence-electron chi connectivity index (χ3n) is 4.24. The van der Waals surface area contributed by atoms with E-state index in [0.29, 0.717) is 9.90 Å². The molecule has 0 aliphatic carbocycles. The van der Waals surface area contributed by atoms with Crippen molar-refractivity contribution in [2.24, 2.45) is 0 Å². The number of methoxy groups -OCH3 is 1. The van der Waals surface area contributed by atoms with E-state index in [4.69, 9.17) is 16.3 Å². The minimum Gasteiger partial charge on any atom is -0.497 e. The number of ether oxygens (including phenoxy) is 1. The molecule has 2 aromatic heterocycles. The standard InChI is InChI=1S/C20H15ClN2O2S/c1-23(15-6-4-14(21)5-7-15)20(24)18-10-13-9-12-3-8-16(25-2)11-17(12)22-19(13)26-18/h3-11H,1-2H3. The third kappa shape index (κ3) is 3.00. The molecular weight excluding hydrogens is 368 g/mol. The molecule has 6 heteroatoms. The fraction of sp³-hybridized carbons (Fsp3) is 0.100. The molecule has 4 rings (SSSR count). The third-order valence-corrected chi connectivity index (χ3v) is 5.52. The summed E-state index contributed by atoms with van der Waals surface area (Å²) in [6.45, 7) is 0. The fourth-order valence-electron chi connectivity index (χ4n) is 2.79. The first-order chi connectivity index (χ1) is 12.5. The van der Waals surface area contributed by atoms with Crippen molar-refractivity contribution in [3.8, 4) is 5.75 Å². The van der Waals surface area contributed by atoms with Crippen LogP contribution in [-0.4, -0.2) is 25.0 Å². The number of carbonyl (C=O) groups excluding carboxylic acids is 1. The van der Waals surface area contributed by atoms with Crippen LogP contribution in [0.3, 0.4) is 0 Å². The van der Waals surface area contributed by atoms with Crippen LogP contribution in [0.15, 0.2) is 54.6 Å². The molecule has 0 atom stereocenters. The van der Waals surface area contributed by atoms with Gasteiger partial charge in [-0.2, -0.15) is 0 Å². The molecule has 1 amide bonds. The van der Waals surface area contributed by atoms with E-state index < -0.39 is 0 Å². The number of halogens is 1. The zero-order valence-corrected chi connectivity index (χ0v) is 15.8. The van der Waals surface area contributed by atoms with Gasteiger partial charge in [0.1, 0.15) is 10.6 Å². The van der Waals surface area contributed by atoms with Crippen molar-refractivity contribution < 1.29 is 9.53 Å². The summed E-state index contributed by atoms with van der Waals surface area (Å²) in [5.74, 6) is 0.691. The molecule has 0 spiro atoms. The van der Waals surface area contributed by atoms with Crippen LogP contribution in [0.25, 0.3) is 21.1 Å². The van der Waals surface area contributed by atoms with Crippen LogP contribution in [0, 0.1) is 0 Å². The number of benzene rings is 2. The molecule has 0 saturated carbocycles. The Hall–Kier alpha value is -2.63. The van der Waals surface area contributed by atoms with Crippen LogP contribution in [-0.2, 0) is 0 Å². The molecule has 4 nitrogen and oxygen atoms in total. The number of amides is 1. The highest BCUT2D eigenvalue weighted by Gasteiger charge is 2.17. The van der Waals surface area contributed by atoms with Gasteiger partial charge in [-0.3, -0.25) is 4.79 Å². The first-order valence-electron chi connectivity index (χ1n) is 7.97. The number of pyridine rings is 1. The maximum atomic E-state index is 12.8. The highest BCUT2D eigenvalue weighted by Crippen LogP contribution is 2.30. The Labute approximate surface area is 159 Å². The summed E-state index contributed by atoms with van der Waals surface area (Å²) in [5, 5.41) is 2.62. The smallest absolute Gasteiger partial charge is 0.268 e. The Morgan fingerprint density at radius 1 is 1.08 bits per heavy atom. The number of aromatic nitrogens is 1. The molecule has 0 unspecified atom stereocenters. The predicted molar refractivity (Wildman–Crippen MR) is 108 cm³/mol. The van der Waals surface area contributed by atoms with Crippen molar-refractivity contribution in [2.75, 3.05) is 19.1 Å². The second-order valence-electron chi connectivity index (χ2n) is 5.89. The molecular formula is C20H15ClN2O2S. The largest absolute Gasteiger partial charge is 0.497 e. The topological polar surface area (TPSA) is 42.4 Å². The van der Waals surface area contributed by atoms with Crippen LogP contribution in [0.1, 0.15) is 9.67 Å². The summed E-state index contributed by atoms with van der Waals surface area (Å²) in [6.07, 6.45) is 0. The lowest BCUT2D eigenvalue weighted by Gasteiger charge is -2.16. The van der Waals surface area contributed by atoms with Crippen LogP contribution in [0.5, 0.6) is 5.75 Å². The monoisotopic (exact) mass is 382 g/mol. The summed E-state index contributed by atoms with van der Waals surface area (Å²) in [7, 11) is 3.39. The van der Waals surface area contributed by atoms with Crippen LogP contribution < -0.4 is 9.64 Å². The SMILES string of the molecule is COc1ccc2cc3cc(C(=O)N(C)c4ccc(Cl)cc4)sc3nc2c1. The van der Waals surface area contributed by atoms with Gasteiger partial charge in [-0.25, -0.2) is 4.98 Å². The van der Waals surface area contributed by atoms with Crippen molar-refractivity contribution in [1.29, 1.82) is 0 Å². The normalized spacial score (nSPS) is 11.0. The van der Waals surface area contributed by atoms with Gasteiger partial charge in [0.25, 0.3) is 5.91 Å². The number of rotatable bonds is 3. The molecule has 0 N–H and O–H groups in total. The van der Waals surface area contributed by atoms with Crippen LogP contribution in [0.4, 0.5) is 5.69 Å². The highest BCUT2D eigenvalue weighted by molar-refractivity contribution is 7.20. The van der Waals surface area contributed by atoms with Gasteiger partial charge in [0, 0.05) is 34.6 Å². The maximum Gasteiger partial charge on any atom is 0.268 e. The quantitative estimate of drug-likeness (QED) is 0.477. The molecule has 0 saturated heterocycles. The van der Waals surface area contributed by atoms with E-state index in [9.17, 15) is 4.79 Å². The Morgan fingerprint density at radius 3 is 2.58 bits per heavy atom. The van der Waals surface area contributed by atoms with Gasteiger partial charge in [-0.1, -0.05) is 11.6 Å². The Morgan fingerprint density at radius 2 is 1.85 bits per heavy atom. The number of hydrogen-bond donors (Lipinski definition) is 0. The minimum atomic E-state index is -0.0723. The van der Waals surface area contributed by atoms with E-state index in [2.05, 4.69) is 4.98 Å². The lowest BCUT2D eigenvalue weighted by Crippen LogP contribution is -2.25. The van der Waals surface area contributed by atoms with E-state index in [1.54, 1.807) is 31.2 Å². The summed E-state index contributed by atoms with van der Waals surface area (Å²) < 4.78 is 5.26. The molecule has 2 heterocycles. The van der Waals surface area contributed by atoms with Crippen LogP contribution >= 0.6 is 22.9 Å². The Balaban J connectivity index is 1.72. The molecule has 0 radical (unpaired) electrons. The molecule has 0 fully saturated rings. The van der Waals surface area contributed by atoms with E-state index in [1.807, 2.05) is 42.5 Å². The number of anilines is 1. The van der Waals surface area contributed by atoms with E-state index in [1.165, 1.54) is 11.3 Å². The predicted octanol–water partition coefficient (Wildman–Crippen LogP) is 5.39. The molecule has 0 bridgehead atoms. The van der Waals surface area contributed by atoms with Crippen molar-refractivity contribution in [3.63, 3.8) is 0 Å². The van der Waals surface area contributed by atoms with E-state index >= 15 is 0 Å². The Bertz CT molecular complexity index is 1120. The van der Waals surface area contributed by atoms with Crippen molar-refractivity contribution in [2.45, 2.75) is 0 Å². The van der Waals surface area contributed by atoms with Gasteiger partial charge in [-0.15, -0.1) is 11.3 Å². The first-order valence-corrected chi connectivity index (χ1v) is 9.16. The number of carbonyl (C=O) groups is 1. The summed E-state index contributed by atoms with van der Waals surface area (Å²) in [5.41, 5.74) is 1.64. The molecule has 4 aromatic rings. The van der Waals surface area contributed by atoms with Gasteiger partial charge in [0.15, 0.2) is 0 Å². The van der Waals surface area contributed by atoms with Crippen molar-refractivity contribution in [1.82, 2.24) is 4.98 Å². The van der Waals surface area contributed by atoms with Gasteiger partial charge >= 0.3 is 0 Å². The second kappa shape index (κ2) is 6.59. The lowest BCUT2D eigenvalue weighted by atomic mass is 10.2. The van der Waals surface area contributed by atoms with E-state index in [0.717, 1.165) is 32.6 Å². The number of hydrogen-bond acceptors (Lipinski definition) is 4. The first kappa shape index (κ1) is 16.8. The number of fused-ring (bicyclic) bond motifs is 2. The average Bonchev–Trinajstić information content (AvgIpc) is 3.07. The van der Waals surface area contributed by atoms with Crippen molar-refractivity contribution >= 4 is 55.7 Å². The highest BCUT2D eigenvalue weighted by atomic mass is 35.5. The number of thiophene rings is 1. The van der Waals surface area contributed by atoms with Gasteiger partial charge in [0.2, 0.25) is 0 Å². The van der Waals surface area contributed by atoms with Gasteiger partial charge in [-0.05, 0) is 48.5 Å². The minimum absolute atomic E-state index is 0.0723. The molecule has 26 heavy (non-hydrogen) atoms. The number of nitrogens with zero attached hydrogens (tertiary/aromatic N) is 2. The molecule has 2 aromatic carbocycles. The average molecular weight is 383 g/mol. The zero-order chi connectivity index (χ0) is 18.3. The molecule has 0 aliphatic rings. The van der Waals surface area contributed by atoms with Gasteiger partial charge in [0.05, 0.1) is 17.5 Å². The van der Waals surface area contributed by atoms with Crippen LogP contribution in [0.2, 0.25) is 5.02 Å². The van der Waals surface area contributed by atoms with E-state index in [-0.39, 0.29) is 5.91 Å². The molecule has 130 valence electrons. The fourth-order valence-corrected chi connectivity index (χ4v) is 3.91. The van der Waals surface area contributed by atoms with Crippen molar-refractivity contribution in [3.05, 3.63) is 64.5 Å².